The first kappa shape index (κ1) is 13.0. The standard InChI is InChI=1S/C9H12N2O3S2/c1-15-3-2-6(9(13)14)11-8(12)7-4-10-5-16-7/h4-6H,2-3H2,1H3,(H,11,12)(H,13,14). The second-order valence-electron chi connectivity index (χ2n) is 3.01. The van der Waals surface area contributed by atoms with E-state index in [0.717, 1.165) is 0 Å². The molecular formula is C9H12N2O3S2. The Morgan fingerprint density at radius 3 is 2.94 bits per heavy atom. The molecule has 1 unspecified atom stereocenters. The predicted octanol–water partition coefficient (Wildman–Crippen LogP) is 1.08. The van der Waals surface area contributed by atoms with Crippen LogP contribution in [-0.2, 0) is 4.79 Å². The summed E-state index contributed by atoms with van der Waals surface area (Å²) in [7, 11) is 0. The third-order valence-corrected chi connectivity index (χ3v) is 3.29. The Labute approximate surface area is 101 Å². The van der Waals surface area contributed by atoms with Crippen LogP contribution in [0.15, 0.2) is 11.7 Å². The second-order valence-corrected chi connectivity index (χ2v) is 4.88. The van der Waals surface area contributed by atoms with Crippen LogP contribution in [0.2, 0.25) is 0 Å². The molecule has 0 bridgehead atoms. The van der Waals surface area contributed by atoms with Gasteiger partial charge in [0.15, 0.2) is 0 Å². The number of carboxylic acid groups (broad SMARTS) is 1. The van der Waals surface area contributed by atoms with Gasteiger partial charge in [0.25, 0.3) is 5.91 Å². The molecule has 1 atom stereocenters. The minimum Gasteiger partial charge on any atom is -0.480 e. The van der Waals surface area contributed by atoms with Crippen molar-refractivity contribution < 1.29 is 14.7 Å². The smallest absolute Gasteiger partial charge is 0.326 e. The fourth-order valence-corrected chi connectivity index (χ4v) is 2.04. The lowest BCUT2D eigenvalue weighted by atomic mass is 10.2. The number of rotatable bonds is 6. The summed E-state index contributed by atoms with van der Waals surface area (Å²) in [6.07, 6.45) is 3.73. The molecule has 1 rings (SSSR count). The molecule has 0 aromatic carbocycles. The van der Waals surface area contributed by atoms with Crippen LogP contribution in [0.4, 0.5) is 0 Å². The highest BCUT2D eigenvalue weighted by atomic mass is 32.2. The Morgan fingerprint density at radius 2 is 2.44 bits per heavy atom. The highest BCUT2D eigenvalue weighted by Crippen LogP contribution is 2.07. The van der Waals surface area contributed by atoms with Crippen molar-refractivity contribution in [1.29, 1.82) is 0 Å². The van der Waals surface area contributed by atoms with E-state index in [1.54, 1.807) is 11.8 Å². The molecule has 16 heavy (non-hydrogen) atoms. The summed E-state index contributed by atoms with van der Waals surface area (Å²) in [6, 6.07) is -0.831. The first-order valence-electron chi connectivity index (χ1n) is 4.56. The number of hydrogen-bond donors (Lipinski definition) is 2. The van der Waals surface area contributed by atoms with Gasteiger partial charge in [-0.05, 0) is 18.4 Å². The molecule has 0 aliphatic heterocycles. The summed E-state index contributed by atoms with van der Waals surface area (Å²) in [4.78, 5) is 26.6. The molecule has 0 radical (unpaired) electrons. The van der Waals surface area contributed by atoms with Gasteiger partial charge in [0.2, 0.25) is 0 Å². The van der Waals surface area contributed by atoms with Gasteiger partial charge in [-0.15, -0.1) is 11.3 Å². The summed E-state index contributed by atoms with van der Waals surface area (Å²) < 4.78 is 0. The Morgan fingerprint density at radius 1 is 1.69 bits per heavy atom. The van der Waals surface area contributed by atoms with Gasteiger partial charge in [-0.25, -0.2) is 4.79 Å². The van der Waals surface area contributed by atoms with E-state index < -0.39 is 12.0 Å². The normalized spacial score (nSPS) is 12.1. The minimum absolute atomic E-state index is 0.379. The van der Waals surface area contributed by atoms with Crippen molar-refractivity contribution in [2.24, 2.45) is 0 Å². The molecule has 0 fully saturated rings. The van der Waals surface area contributed by atoms with Gasteiger partial charge < -0.3 is 10.4 Å². The van der Waals surface area contributed by atoms with Crippen LogP contribution in [-0.4, -0.2) is 40.0 Å². The molecule has 1 aromatic rings. The van der Waals surface area contributed by atoms with Gasteiger partial charge in [0.05, 0.1) is 11.7 Å². The average molecular weight is 260 g/mol. The summed E-state index contributed by atoms with van der Waals surface area (Å²) in [5, 5.41) is 11.4. The number of carbonyl (C=O) groups excluding carboxylic acids is 1. The van der Waals surface area contributed by atoms with Gasteiger partial charge in [-0.3, -0.25) is 9.78 Å². The molecule has 0 saturated heterocycles. The number of aromatic nitrogens is 1. The van der Waals surface area contributed by atoms with E-state index in [-0.39, 0.29) is 5.91 Å². The molecule has 1 heterocycles. The molecule has 2 N–H and O–H groups in total. The number of amides is 1. The number of aliphatic carboxylic acids is 1. The maximum Gasteiger partial charge on any atom is 0.326 e. The topological polar surface area (TPSA) is 79.3 Å². The lowest BCUT2D eigenvalue weighted by Crippen LogP contribution is -2.40. The van der Waals surface area contributed by atoms with Crippen molar-refractivity contribution in [1.82, 2.24) is 10.3 Å². The number of nitrogens with zero attached hydrogens (tertiary/aromatic N) is 1. The zero-order valence-electron chi connectivity index (χ0n) is 8.67. The quantitative estimate of drug-likeness (QED) is 0.800. The SMILES string of the molecule is CSCCC(NC(=O)c1cncs1)C(=O)O. The molecule has 0 saturated carbocycles. The van der Waals surface area contributed by atoms with E-state index in [4.69, 9.17) is 5.11 Å². The largest absolute Gasteiger partial charge is 0.480 e. The Balaban J connectivity index is 2.54. The van der Waals surface area contributed by atoms with Gasteiger partial charge >= 0.3 is 5.97 Å². The van der Waals surface area contributed by atoms with E-state index in [2.05, 4.69) is 10.3 Å². The van der Waals surface area contributed by atoms with Gasteiger partial charge in [0.1, 0.15) is 10.9 Å². The van der Waals surface area contributed by atoms with E-state index in [0.29, 0.717) is 17.1 Å². The van der Waals surface area contributed by atoms with Crippen molar-refractivity contribution in [3.8, 4) is 0 Å². The highest BCUT2D eigenvalue weighted by Gasteiger charge is 2.20. The number of carboxylic acids is 1. The molecule has 0 aliphatic carbocycles. The number of thioether (sulfide) groups is 1. The van der Waals surface area contributed by atoms with Crippen LogP contribution >= 0.6 is 23.1 Å². The fraction of sp³-hybridized carbons (Fsp3) is 0.444. The van der Waals surface area contributed by atoms with E-state index in [9.17, 15) is 9.59 Å². The summed E-state index contributed by atoms with van der Waals surface area (Å²) in [6.45, 7) is 0. The number of thiazole rings is 1. The van der Waals surface area contributed by atoms with Gasteiger partial charge in [0, 0.05) is 0 Å². The third-order valence-electron chi connectivity index (χ3n) is 1.87. The van der Waals surface area contributed by atoms with Crippen molar-refractivity contribution in [2.75, 3.05) is 12.0 Å². The van der Waals surface area contributed by atoms with Crippen LogP contribution in [0.3, 0.4) is 0 Å². The first-order valence-corrected chi connectivity index (χ1v) is 6.83. The van der Waals surface area contributed by atoms with Crippen molar-refractivity contribution in [3.63, 3.8) is 0 Å². The van der Waals surface area contributed by atoms with Crippen LogP contribution in [0.5, 0.6) is 0 Å². The average Bonchev–Trinajstić information content (AvgIpc) is 2.76. The molecule has 1 amide bonds. The van der Waals surface area contributed by atoms with E-state index >= 15 is 0 Å². The van der Waals surface area contributed by atoms with Crippen molar-refractivity contribution in [2.45, 2.75) is 12.5 Å². The monoisotopic (exact) mass is 260 g/mol. The second kappa shape index (κ2) is 6.49. The summed E-state index contributed by atoms with van der Waals surface area (Å²) in [5.74, 6) is -0.692. The van der Waals surface area contributed by atoms with Crippen LogP contribution in [0, 0.1) is 0 Å². The maximum absolute atomic E-state index is 11.6. The van der Waals surface area contributed by atoms with Crippen molar-refractivity contribution >= 4 is 35.0 Å². The highest BCUT2D eigenvalue weighted by molar-refractivity contribution is 7.98. The lowest BCUT2D eigenvalue weighted by molar-refractivity contribution is -0.139. The van der Waals surface area contributed by atoms with Crippen LogP contribution in [0.1, 0.15) is 16.1 Å². The summed E-state index contributed by atoms with van der Waals surface area (Å²) >= 11 is 2.73. The molecule has 1 aromatic heterocycles. The number of nitrogens with one attached hydrogen (secondary N) is 1. The molecule has 0 aliphatic rings. The zero-order valence-corrected chi connectivity index (χ0v) is 10.3. The van der Waals surface area contributed by atoms with E-state index in [1.165, 1.54) is 23.0 Å². The Bertz CT molecular complexity index is 354. The number of carbonyl (C=O) groups is 2. The molecule has 0 spiro atoms. The van der Waals surface area contributed by atoms with Gasteiger partial charge in [-0.1, -0.05) is 0 Å². The van der Waals surface area contributed by atoms with Crippen LogP contribution in [0.25, 0.3) is 0 Å². The van der Waals surface area contributed by atoms with Crippen LogP contribution < -0.4 is 5.32 Å². The van der Waals surface area contributed by atoms with E-state index in [1.807, 2.05) is 6.26 Å². The Hall–Kier alpha value is -1.08. The molecule has 88 valence electrons. The zero-order chi connectivity index (χ0) is 12.0. The molecule has 7 heteroatoms. The third kappa shape index (κ3) is 3.82. The number of hydrogen-bond acceptors (Lipinski definition) is 5. The predicted molar refractivity (Wildman–Crippen MR) is 64.0 cm³/mol. The maximum atomic E-state index is 11.6. The summed E-state index contributed by atoms with van der Waals surface area (Å²) in [5.41, 5.74) is 1.53. The Kier molecular flexibility index (Phi) is 5.27. The lowest BCUT2D eigenvalue weighted by Gasteiger charge is -2.12. The fourth-order valence-electron chi connectivity index (χ4n) is 1.05. The van der Waals surface area contributed by atoms with Crippen molar-refractivity contribution in [3.05, 3.63) is 16.6 Å². The first-order chi connectivity index (χ1) is 7.65. The van der Waals surface area contributed by atoms with Gasteiger partial charge in [-0.2, -0.15) is 11.8 Å². The molecular weight excluding hydrogens is 248 g/mol. The minimum atomic E-state index is -1.01. The molecule has 5 nitrogen and oxygen atoms in total.